The highest BCUT2D eigenvalue weighted by molar-refractivity contribution is 7.14. The lowest BCUT2D eigenvalue weighted by molar-refractivity contribution is 0.333. The van der Waals surface area contributed by atoms with Gasteiger partial charge in [0.15, 0.2) is 0 Å². The third-order valence-electron chi connectivity index (χ3n) is 1.58. The Morgan fingerprint density at radius 2 is 2.50 bits per heavy atom. The van der Waals surface area contributed by atoms with Gasteiger partial charge in [0.1, 0.15) is 16.6 Å². The summed E-state index contributed by atoms with van der Waals surface area (Å²) >= 11 is 1.10. The van der Waals surface area contributed by atoms with Crippen molar-refractivity contribution in [2.75, 3.05) is 0 Å². The van der Waals surface area contributed by atoms with E-state index in [0.29, 0.717) is 10.6 Å². The number of nitrogens with two attached hydrogens (primary N) is 1. The molecule has 70 valence electrons. The molecular weight excluding hydrogens is 202 g/mol. The first-order valence-electron chi connectivity index (χ1n) is 3.62. The van der Waals surface area contributed by atoms with Crippen molar-refractivity contribution in [3.8, 4) is 22.5 Å². The molecule has 3 N–H and O–H groups in total. The quantitative estimate of drug-likeness (QED) is 0.704. The first-order valence-corrected chi connectivity index (χ1v) is 4.43. The zero-order valence-corrected chi connectivity index (χ0v) is 7.71. The molecule has 0 saturated carbocycles. The van der Waals surface area contributed by atoms with E-state index >= 15 is 0 Å². The molecule has 6 nitrogen and oxygen atoms in total. The molecule has 0 saturated heterocycles. The van der Waals surface area contributed by atoms with Gasteiger partial charge in [0.2, 0.25) is 0 Å². The maximum Gasteiger partial charge on any atom is 0.295 e. The molecule has 0 atom stereocenters. The Kier molecular flexibility index (Phi) is 2.14. The average molecular weight is 207 g/mol. The molecule has 0 bridgehead atoms. The fourth-order valence-corrected chi connectivity index (χ4v) is 1.67. The normalized spacial score (nSPS) is 9.71. The molecule has 0 aliphatic heterocycles. The number of aromatic amines is 1. The molecule has 0 radical (unpaired) electrons. The van der Waals surface area contributed by atoms with E-state index in [1.807, 2.05) is 6.07 Å². The molecule has 2 aromatic rings. The van der Waals surface area contributed by atoms with E-state index in [1.165, 1.54) is 0 Å². The largest absolute Gasteiger partial charge is 0.380 e. The number of nitrogens with one attached hydrogen (secondary N) is 1. The minimum atomic E-state index is 0.262. The first-order chi connectivity index (χ1) is 6.85. The highest BCUT2D eigenvalue weighted by atomic mass is 32.1. The van der Waals surface area contributed by atoms with Gasteiger partial charge in [0, 0.05) is 11.8 Å². The van der Waals surface area contributed by atoms with Gasteiger partial charge < -0.3 is 4.84 Å². The molecule has 0 amide bonds. The monoisotopic (exact) mass is 207 g/mol. The summed E-state index contributed by atoms with van der Waals surface area (Å²) in [5, 5.41) is 15.5. The maximum absolute atomic E-state index is 8.82. The van der Waals surface area contributed by atoms with Crippen LogP contribution >= 0.6 is 11.3 Å². The fourth-order valence-electron chi connectivity index (χ4n) is 1.00. The molecule has 0 fully saturated rings. The van der Waals surface area contributed by atoms with Crippen molar-refractivity contribution in [1.82, 2.24) is 15.2 Å². The molecular formula is C7H5N5OS. The van der Waals surface area contributed by atoms with Crippen molar-refractivity contribution >= 4 is 11.3 Å². The molecule has 0 spiro atoms. The van der Waals surface area contributed by atoms with Gasteiger partial charge in [0.05, 0.1) is 6.20 Å². The van der Waals surface area contributed by atoms with Crippen molar-refractivity contribution in [3.05, 3.63) is 17.3 Å². The summed E-state index contributed by atoms with van der Waals surface area (Å²) < 4.78 is 0. The van der Waals surface area contributed by atoms with Crippen LogP contribution in [-0.4, -0.2) is 15.2 Å². The minimum absolute atomic E-state index is 0.262. The Bertz CT molecular complexity index is 469. The number of hydrogen-bond donors (Lipinski definition) is 2. The van der Waals surface area contributed by atoms with Crippen LogP contribution in [0.4, 0.5) is 0 Å². The van der Waals surface area contributed by atoms with E-state index in [1.54, 1.807) is 12.4 Å². The Balaban J connectivity index is 2.53. The molecule has 0 aliphatic carbocycles. The predicted molar refractivity (Wildman–Crippen MR) is 49.2 cm³/mol. The second-order valence-electron chi connectivity index (χ2n) is 2.37. The van der Waals surface area contributed by atoms with Gasteiger partial charge in [-0.2, -0.15) is 21.2 Å². The van der Waals surface area contributed by atoms with Gasteiger partial charge >= 0.3 is 0 Å². The fraction of sp³-hybridized carbons (Fsp3) is 0. The van der Waals surface area contributed by atoms with Gasteiger partial charge in [-0.25, -0.2) is 0 Å². The minimum Gasteiger partial charge on any atom is -0.380 e. The highest BCUT2D eigenvalue weighted by Gasteiger charge is 2.13. The van der Waals surface area contributed by atoms with Crippen molar-refractivity contribution in [1.29, 1.82) is 5.26 Å². The molecule has 2 aromatic heterocycles. The summed E-state index contributed by atoms with van der Waals surface area (Å²) in [6.07, 6.45) is 3.23. The molecule has 2 rings (SSSR count). The van der Waals surface area contributed by atoms with Crippen LogP contribution in [0.3, 0.4) is 0 Å². The molecule has 14 heavy (non-hydrogen) atoms. The van der Waals surface area contributed by atoms with E-state index in [0.717, 1.165) is 16.9 Å². The van der Waals surface area contributed by atoms with Gasteiger partial charge in [0.25, 0.3) is 5.19 Å². The standard InChI is InChI=1S/C7H5N5OS/c8-1-5-6(4-2-10-11-3-4)12-7(13-9)14-5/h2-3H,9H2,(H,10,11). The van der Waals surface area contributed by atoms with Gasteiger partial charge in [-0.1, -0.05) is 11.3 Å². The smallest absolute Gasteiger partial charge is 0.295 e. The summed E-state index contributed by atoms with van der Waals surface area (Å²) in [7, 11) is 0. The number of thiazole rings is 1. The first kappa shape index (κ1) is 8.68. The highest BCUT2D eigenvalue weighted by Crippen LogP contribution is 2.30. The lowest BCUT2D eigenvalue weighted by Gasteiger charge is -1.88. The summed E-state index contributed by atoms with van der Waals surface area (Å²) in [4.78, 5) is 8.94. The molecule has 0 aromatic carbocycles. The van der Waals surface area contributed by atoms with E-state index in [9.17, 15) is 0 Å². The van der Waals surface area contributed by atoms with Crippen LogP contribution in [0.5, 0.6) is 5.19 Å². The van der Waals surface area contributed by atoms with Crippen molar-refractivity contribution in [3.63, 3.8) is 0 Å². The van der Waals surface area contributed by atoms with E-state index < -0.39 is 0 Å². The van der Waals surface area contributed by atoms with Gasteiger partial charge in [-0.3, -0.25) is 5.10 Å². The third kappa shape index (κ3) is 1.32. The summed E-state index contributed by atoms with van der Waals surface area (Å²) in [5.41, 5.74) is 1.27. The third-order valence-corrected chi connectivity index (χ3v) is 2.43. The van der Waals surface area contributed by atoms with Crippen molar-refractivity contribution in [2.45, 2.75) is 0 Å². The van der Waals surface area contributed by atoms with Gasteiger partial charge in [-0.05, 0) is 0 Å². The zero-order valence-electron chi connectivity index (χ0n) is 6.89. The van der Waals surface area contributed by atoms with Gasteiger partial charge in [-0.15, -0.1) is 0 Å². The number of H-pyrrole nitrogens is 1. The van der Waals surface area contributed by atoms with Crippen LogP contribution < -0.4 is 10.7 Å². The number of nitriles is 1. The van der Waals surface area contributed by atoms with E-state index in [2.05, 4.69) is 20.0 Å². The van der Waals surface area contributed by atoms with Crippen LogP contribution in [0.25, 0.3) is 11.3 Å². The summed E-state index contributed by atoms with van der Waals surface area (Å²) in [5.74, 6) is 4.96. The van der Waals surface area contributed by atoms with Crippen LogP contribution in [0, 0.1) is 11.3 Å². The molecule has 7 heteroatoms. The Morgan fingerprint density at radius 1 is 1.64 bits per heavy atom. The number of aromatic nitrogens is 3. The SMILES string of the molecule is N#Cc1sc(ON)nc1-c1cn[nH]c1. The molecule has 2 heterocycles. The van der Waals surface area contributed by atoms with E-state index in [-0.39, 0.29) is 5.19 Å². The molecule has 0 aliphatic rings. The van der Waals surface area contributed by atoms with Crippen LogP contribution in [0.15, 0.2) is 12.4 Å². The topological polar surface area (TPSA) is 101 Å². The second kappa shape index (κ2) is 3.45. The number of rotatable bonds is 2. The van der Waals surface area contributed by atoms with Crippen LogP contribution in [0.1, 0.15) is 4.88 Å². The average Bonchev–Trinajstić information content (AvgIpc) is 2.85. The number of hydrogen-bond acceptors (Lipinski definition) is 6. The Hall–Kier alpha value is -1.91. The zero-order chi connectivity index (χ0) is 9.97. The van der Waals surface area contributed by atoms with Crippen LogP contribution in [0.2, 0.25) is 0 Å². The lowest BCUT2D eigenvalue weighted by atomic mass is 10.2. The predicted octanol–water partition coefficient (Wildman–Crippen LogP) is 0.657. The second-order valence-corrected chi connectivity index (χ2v) is 3.34. The Morgan fingerprint density at radius 3 is 3.07 bits per heavy atom. The van der Waals surface area contributed by atoms with Crippen molar-refractivity contribution < 1.29 is 4.84 Å². The maximum atomic E-state index is 8.82. The lowest BCUT2D eigenvalue weighted by Crippen LogP contribution is -2.00. The number of nitrogens with zero attached hydrogens (tertiary/aromatic N) is 3. The molecule has 0 unspecified atom stereocenters. The Labute approximate surface area is 82.9 Å². The van der Waals surface area contributed by atoms with Crippen molar-refractivity contribution in [2.24, 2.45) is 5.90 Å². The van der Waals surface area contributed by atoms with E-state index in [4.69, 9.17) is 11.2 Å². The van der Waals surface area contributed by atoms with Crippen LogP contribution in [-0.2, 0) is 0 Å². The summed E-state index contributed by atoms with van der Waals surface area (Å²) in [6.45, 7) is 0. The summed E-state index contributed by atoms with van der Waals surface area (Å²) in [6, 6.07) is 2.02.